The number of rotatable bonds is 1. The highest BCUT2D eigenvalue weighted by atomic mass is 35.5. The number of hydrogen-bond donors (Lipinski definition) is 0. The minimum Gasteiger partial charge on any atom is -0.306 e. The van der Waals surface area contributed by atoms with E-state index in [1.807, 2.05) is 12.1 Å². The van der Waals surface area contributed by atoms with Crippen molar-refractivity contribution < 1.29 is 9.59 Å². The summed E-state index contributed by atoms with van der Waals surface area (Å²) in [5.74, 6) is -0.0132. The molecule has 0 radical (unpaired) electrons. The Morgan fingerprint density at radius 2 is 2.00 bits per heavy atom. The maximum atomic E-state index is 12.4. The van der Waals surface area contributed by atoms with Crippen LogP contribution in [0.3, 0.4) is 0 Å². The van der Waals surface area contributed by atoms with Crippen molar-refractivity contribution in [3.05, 3.63) is 51.2 Å². The molecule has 0 spiro atoms. The molecule has 0 unspecified atom stereocenters. The third kappa shape index (κ3) is 2.17. The molecule has 96 valence electrons. The van der Waals surface area contributed by atoms with Crippen LogP contribution in [0.1, 0.15) is 26.5 Å². The number of ketones is 1. The molecule has 3 nitrogen and oxygen atoms in total. The number of amides is 1. The van der Waals surface area contributed by atoms with E-state index in [1.165, 1.54) is 11.3 Å². The fraction of sp³-hybridized carbons (Fsp3) is 0.143. The van der Waals surface area contributed by atoms with Gasteiger partial charge in [-0.05, 0) is 24.3 Å². The maximum Gasteiger partial charge on any atom is 0.268 e. The molecule has 1 aromatic heterocycles. The predicted octanol–water partition coefficient (Wildman–Crippen LogP) is 3.63. The third-order valence-electron chi connectivity index (χ3n) is 3.09. The number of nitrogens with zero attached hydrogens (tertiary/aromatic N) is 1. The van der Waals surface area contributed by atoms with Crippen LogP contribution in [0, 0.1) is 0 Å². The summed E-state index contributed by atoms with van der Waals surface area (Å²) in [6.07, 6.45) is 0.363. The van der Waals surface area contributed by atoms with Gasteiger partial charge in [-0.25, -0.2) is 0 Å². The van der Waals surface area contributed by atoms with E-state index in [0.29, 0.717) is 33.4 Å². The number of carbonyl (C=O) groups is 2. The van der Waals surface area contributed by atoms with Gasteiger partial charge >= 0.3 is 0 Å². The van der Waals surface area contributed by atoms with Crippen molar-refractivity contribution in [3.8, 4) is 0 Å². The number of para-hydroxylation sites is 1. The number of Topliss-reactive ketones (excluding diaryl/α,β-unsaturated/α-hetero) is 1. The van der Waals surface area contributed by atoms with Crippen molar-refractivity contribution in [1.29, 1.82) is 0 Å². The Hall–Kier alpha value is -1.65. The van der Waals surface area contributed by atoms with Crippen molar-refractivity contribution in [2.45, 2.75) is 6.42 Å². The van der Waals surface area contributed by atoms with E-state index in [0.717, 1.165) is 0 Å². The van der Waals surface area contributed by atoms with E-state index in [1.54, 1.807) is 29.2 Å². The summed E-state index contributed by atoms with van der Waals surface area (Å²) in [6, 6.07) is 10.6. The second-order valence-corrected chi connectivity index (χ2v) is 5.97. The summed E-state index contributed by atoms with van der Waals surface area (Å²) in [4.78, 5) is 26.5. The van der Waals surface area contributed by atoms with Gasteiger partial charge in [-0.15, -0.1) is 11.3 Å². The largest absolute Gasteiger partial charge is 0.306 e. The Bertz CT molecular complexity index is 665. The molecule has 2 heterocycles. The predicted molar refractivity (Wildman–Crippen MR) is 76.4 cm³/mol. The first kappa shape index (κ1) is 12.4. The van der Waals surface area contributed by atoms with E-state index >= 15 is 0 Å². The molecule has 19 heavy (non-hydrogen) atoms. The molecule has 1 aliphatic heterocycles. The molecule has 3 rings (SSSR count). The van der Waals surface area contributed by atoms with Gasteiger partial charge < -0.3 is 4.90 Å². The molecule has 0 bridgehead atoms. The zero-order valence-electron chi connectivity index (χ0n) is 9.93. The zero-order chi connectivity index (χ0) is 13.4. The van der Waals surface area contributed by atoms with Crippen molar-refractivity contribution in [2.75, 3.05) is 11.4 Å². The second kappa shape index (κ2) is 4.79. The normalized spacial score (nSPS) is 14.4. The number of halogens is 1. The standard InChI is InChI=1S/C14H10ClNO2S/c15-13-6-5-12(19-13)14(18)16-8-7-11(17)9-3-1-2-4-10(9)16/h1-6H,7-8H2. The topological polar surface area (TPSA) is 37.4 Å². The highest BCUT2D eigenvalue weighted by molar-refractivity contribution is 7.18. The highest BCUT2D eigenvalue weighted by Gasteiger charge is 2.28. The fourth-order valence-electron chi connectivity index (χ4n) is 2.19. The number of hydrogen-bond acceptors (Lipinski definition) is 3. The number of fused-ring (bicyclic) bond motifs is 1. The molecule has 0 saturated heterocycles. The first-order chi connectivity index (χ1) is 9.16. The number of benzene rings is 1. The van der Waals surface area contributed by atoms with E-state index in [4.69, 9.17) is 11.6 Å². The summed E-state index contributed by atoms with van der Waals surface area (Å²) in [6.45, 7) is 0.421. The van der Waals surface area contributed by atoms with Gasteiger partial charge in [0.15, 0.2) is 5.78 Å². The van der Waals surface area contributed by atoms with Crippen LogP contribution in [0.25, 0.3) is 0 Å². The van der Waals surface area contributed by atoms with Crippen molar-refractivity contribution in [2.24, 2.45) is 0 Å². The summed E-state index contributed by atoms with van der Waals surface area (Å²) in [7, 11) is 0. The molecule has 0 aliphatic carbocycles. The van der Waals surface area contributed by atoms with Gasteiger partial charge in [0.25, 0.3) is 5.91 Å². The lowest BCUT2D eigenvalue weighted by molar-refractivity contribution is 0.0957. The monoisotopic (exact) mass is 291 g/mol. The molecule has 2 aromatic rings. The fourth-order valence-corrected chi connectivity index (χ4v) is 3.18. The molecule has 1 amide bonds. The summed E-state index contributed by atoms with van der Waals surface area (Å²) >= 11 is 7.11. The highest BCUT2D eigenvalue weighted by Crippen LogP contribution is 2.30. The molecule has 0 N–H and O–H groups in total. The lowest BCUT2D eigenvalue weighted by Crippen LogP contribution is -2.36. The molecular weight excluding hydrogens is 282 g/mol. The molecule has 0 saturated carbocycles. The first-order valence-corrected chi connectivity index (χ1v) is 7.05. The summed E-state index contributed by atoms with van der Waals surface area (Å²) < 4.78 is 0.588. The van der Waals surface area contributed by atoms with Crippen LogP contribution in [0.15, 0.2) is 36.4 Å². The van der Waals surface area contributed by atoms with Crippen LogP contribution >= 0.6 is 22.9 Å². The van der Waals surface area contributed by atoms with E-state index < -0.39 is 0 Å². The molecular formula is C14H10ClNO2S. The van der Waals surface area contributed by atoms with Crippen LogP contribution in [-0.2, 0) is 0 Å². The van der Waals surface area contributed by atoms with E-state index in [-0.39, 0.29) is 11.7 Å². The number of anilines is 1. The Labute approximate surface area is 119 Å². The zero-order valence-corrected chi connectivity index (χ0v) is 11.5. The SMILES string of the molecule is O=C1CCN(C(=O)c2ccc(Cl)s2)c2ccccc21. The summed E-state index contributed by atoms with van der Waals surface area (Å²) in [5.41, 5.74) is 1.30. The van der Waals surface area contributed by atoms with E-state index in [2.05, 4.69) is 0 Å². The van der Waals surface area contributed by atoms with Crippen LogP contribution in [0.4, 0.5) is 5.69 Å². The first-order valence-electron chi connectivity index (χ1n) is 5.86. The average molecular weight is 292 g/mol. The Morgan fingerprint density at radius 1 is 1.21 bits per heavy atom. The minimum absolute atomic E-state index is 0.0869. The van der Waals surface area contributed by atoms with Gasteiger partial charge in [-0.2, -0.15) is 0 Å². The van der Waals surface area contributed by atoms with Gasteiger partial charge in [-0.3, -0.25) is 9.59 Å². The molecule has 5 heteroatoms. The lowest BCUT2D eigenvalue weighted by atomic mass is 10.0. The lowest BCUT2D eigenvalue weighted by Gasteiger charge is -2.28. The smallest absolute Gasteiger partial charge is 0.268 e. The van der Waals surface area contributed by atoms with Crippen molar-refractivity contribution in [1.82, 2.24) is 0 Å². The molecule has 0 fully saturated rings. The maximum absolute atomic E-state index is 12.4. The van der Waals surface area contributed by atoms with Gasteiger partial charge in [0.2, 0.25) is 0 Å². The summed E-state index contributed by atoms with van der Waals surface area (Å²) in [5, 5.41) is 0. The van der Waals surface area contributed by atoms with Crippen LogP contribution in [0.5, 0.6) is 0 Å². The second-order valence-electron chi connectivity index (χ2n) is 4.25. The van der Waals surface area contributed by atoms with Crippen LogP contribution in [0.2, 0.25) is 4.34 Å². The minimum atomic E-state index is -0.100. The van der Waals surface area contributed by atoms with Crippen molar-refractivity contribution in [3.63, 3.8) is 0 Å². The third-order valence-corrected chi connectivity index (χ3v) is 4.31. The Kier molecular flexibility index (Phi) is 3.12. The van der Waals surface area contributed by atoms with E-state index in [9.17, 15) is 9.59 Å². The Morgan fingerprint density at radius 3 is 2.74 bits per heavy atom. The molecule has 0 atom stereocenters. The van der Waals surface area contributed by atoms with Crippen LogP contribution in [-0.4, -0.2) is 18.2 Å². The Balaban J connectivity index is 2.01. The van der Waals surface area contributed by atoms with Gasteiger partial charge in [-0.1, -0.05) is 23.7 Å². The number of thiophene rings is 1. The molecule has 1 aromatic carbocycles. The van der Waals surface area contributed by atoms with Crippen molar-refractivity contribution >= 4 is 40.3 Å². The number of carbonyl (C=O) groups excluding carboxylic acids is 2. The van der Waals surface area contributed by atoms with Crippen LogP contribution < -0.4 is 4.90 Å². The molecule has 1 aliphatic rings. The average Bonchev–Trinajstić information content (AvgIpc) is 2.86. The van der Waals surface area contributed by atoms with Gasteiger partial charge in [0.1, 0.15) is 0 Å². The van der Waals surface area contributed by atoms with Gasteiger partial charge in [0.05, 0.1) is 14.9 Å². The quantitative estimate of drug-likeness (QED) is 0.804. The van der Waals surface area contributed by atoms with Gasteiger partial charge in [0, 0.05) is 18.5 Å².